The van der Waals surface area contributed by atoms with Gasteiger partial charge in [0, 0.05) is 11.8 Å². The molecule has 2 fully saturated rings. The summed E-state index contributed by atoms with van der Waals surface area (Å²) in [6.07, 6.45) is -1.25. The quantitative estimate of drug-likeness (QED) is 0.441. The molecule has 3 N–H and O–H groups in total. The van der Waals surface area contributed by atoms with Crippen LogP contribution in [0.3, 0.4) is 0 Å². The predicted molar refractivity (Wildman–Crippen MR) is 70.6 cm³/mol. The summed E-state index contributed by atoms with van der Waals surface area (Å²) in [5.74, 6) is -0.908. The Hall–Kier alpha value is -0.910. The van der Waals surface area contributed by atoms with Crippen molar-refractivity contribution in [2.75, 3.05) is 0 Å². The SMILES string of the molecule is CC1=C2C[C@@H](O)[C@@](C)(O)[C@@H]2C[C@H]2[C@H](OC(=O)[C@H]2C)[C@@H]1O. The molecule has 1 heterocycles. The highest BCUT2D eigenvalue weighted by molar-refractivity contribution is 5.75. The number of aliphatic hydroxyl groups excluding tert-OH is 2. The van der Waals surface area contributed by atoms with Crippen LogP contribution in [0.2, 0.25) is 0 Å². The summed E-state index contributed by atoms with van der Waals surface area (Å²) in [4.78, 5) is 11.8. The molecule has 20 heavy (non-hydrogen) atoms. The fourth-order valence-corrected chi connectivity index (χ4v) is 4.09. The number of fused-ring (bicyclic) bond motifs is 2. The molecule has 5 heteroatoms. The molecular weight excluding hydrogens is 260 g/mol. The van der Waals surface area contributed by atoms with Gasteiger partial charge in [-0.3, -0.25) is 4.79 Å². The summed E-state index contributed by atoms with van der Waals surface area (Å²) in [5, 5.41) is 31.1. The molecule has 7 atom stereocenters. The van der Waals surface area contributed by atoms with Crippen LogP contribution in [0, 0.1) is 17.8 Å². The second-order valence-corrected chi connectivity index (χ2v) is 6.74. The number of carbonyl (C=O) groups excluding carboxylic acids is 1. The van der Waals surface area contributed by atoms with Gasteiger partial charge in [-0.2, -0.15) is 0 Å². The molecule has 0 spiro atoms. The molecule has 0 bridgehead atoms. The Kier molecular flexibility index (Phi) is 3.01. The van der Waals surface area contributed by atoms with E-state index in [0.717, 1.165) is 11.1 Å². The number of rotatable bonds is 0. The summed E-state index contributed by atoms with van der Waals surface area (Å²) in [7, 11) is 0. The second-order valence-electron chi connectivity index (χ2n) is 6.74. The van der Waals surface area contributed by atoms with Gasteiger partial charge in [-0.1, -0.05) is 12.5 Å². The third-order valence-corrected chi connectivity index (χ3v) is 5.67. The van der Waals surface area contributed by atoms with Crippen LogP contribution in [-0.4, -0.2) is 45.2 Å². The van der Waals surface area contributed by atoms with Gasteiger partial charge < -0.3 is 20.1 Å². The van der Waals surface area contributed by atoms with E-state index in [-0.39, 0.29) is 23.7 Å². The molecule has 1 saturated carbocycles. The van der Waals surface area contributed by atoms with E-state index in [1.807, 2.05) is 0 Å². The molecular formula is C15H22O5. The van der Waals surface area contributed by atoms with Crippen molar-refractivity contribution in [3.63, 3.8) is 0 Å². The van der Waals surface area contributed by atoms with Crippen molar-refractivity contribution in [1.29, 1.82) is 0 Å². The van der Waals surface area contributed by atoms with Crippen LogP contribution in [-0.2, 0) is 9.53 Å². The molecule has 0 aromatic carbocycles. The second kappa shape index (κ2) is 4.29. The molecule has 5 nitrogen and oxygen atoms in total. The maximum atomic E-state index is 11.8. The van der Waals surface area contributed by atoms with Crippen molar-refractivity contribution in [3.8, 4) is 0 Å². The summed E-state index contributed by atoms with van der Waals surface area (Å²) in [6.45, 7) is 5.25. The van der Waals surface area contributed by atoms with Gasteiger partial charge in [-0.25, -0.2) is 0 Å². The van der Waals surface area contributed by atoms with E-state index in [2.05, 4.69) is 0 Å². The normalized spacial score (nSPS) is 51.6. The van der Waals surface area contributed by atoms with Crippen molar-refractivity contribution < 1.29 is 24.9 Å². The van der Waals surface area contributed by atoms with Crippen LogP contribution in [0.15, 0.2) is 11.1 Å². The zero-order chi connectivity index (χ0) is 14.8. The number of hydrogen-bond donors (Lipinski definition) is 3. The topological polar surface area (TPSA) is 87.0 Å². The summed E-state index contributed by atoms with van der Waals surface area (Å²) >= 11 is 0. The van der Waals surface area contributed by atoms with E-state index in [1.54, 1.807) is 20.8 Å². The van der Waals surface area contributed by atoms with E-state index in [0.29, 0.717) is 12.8 Å². The molecule has 2 aliphatic carbocycles. The minimum absolute atomic E-state index is 0.119. The van der Waals surface area contributed by atoms with Crippen LogP contribution < -0.4 is 0 Å². The lowest BCUT2D eigenvalue weighted by molar-refractivity contribution is -0.146. The molecule has 1 aliphatic heterocycles. The molecule has 112 valence electrons. The van der Waals surface area contributed by atoms with Gasteiger partial charge in [0.15, 0.2) is 0 Å². The van der Waals surface area contributed by atoms with Gasteiger partial charge in [0.25, 0.3) is 0 Å². The minimum Gasteiger partial charge on any atom is -0.459 e. The van der Waals surface area contributed by atoms with Crippen molar-refractivity contribution >= 4 is 5.97 Å². The van der Waals surface area contributed by atoms with E-state index in [9.17, 15) is 20.1 Å². The number of esters is 1. The van der Waals surface area contributed by atoms with E-state index in [4.69, 9.17) is 4.74 Å². The van der Waals surface area contributed by atoms with E-state index < -0.39 is 23.9 Å². The zero-order valence-electron chi connectivity index (χ0n) is 12.0. The molecule has 3 rings (SSSR count). The first-order valence-electron chi connectivity index (χ1n) is 7.23. The van der Waals surface area contributed by atoms with Crippen molar-refractivity contribution in [2.24, 2.45) is 17.8 Å². The average Bonchev–Trinajstić information content (AvgIpc) is 2.74. The van der Waals surface area contributed by atoms with Crippen molar-refractivity contribution in [2.45, 2.75) is 57.5 Å². The first-order chi connectivity index (χ1) is 9.25. The highest BCUT2D eigenvalue weighted by Crippen LogP contribution is 2.51. The zero-order valence-corrected chi connectivity index (χ0v) is 12.0. The van der Waals surface area contributed by atoms with Gasteiger partial charge in [-0.05, 0) is 32.3 Å². The molecule has 1 saturated heterocycles. The molecule has 3 aliphatic rings. The van der Waals surface area contributed by atoms with Crippen molar-refractivity contribution in [3.05, 3.63) is 11.1 Å². The van der Waals surface area contributed by atoms with Gasteiger partial charge in [-0.15, -0.1) is 0 Å². The van der Waals surface area contributed by atoms with Crippen LogP contribution in [0.25, 0.3) is 0 Å². The number of hydrogen-bond acceptors (Lipinski definition) is 5. The molecule has 0 aromatic heterocycles. The third kappa shape index (κ3) is 1.70. The fraction of sp³-hybridized carbons (Fsp3) is 0.800. The average molecular weight is 282 g/mol. The van der Waals surface area contributed by atoms with Gasteiger partial charge in [0.1, 0.15) is 12.2 Å². The first kappa shape index (κ1) is 14.0. The van der Waals surface area contributed by atoms with Crippen LogP contribution in [0.1, 0.15) is 33.6 Å². The number of aliphatic hydroxyl groups is 3. The Morgan fingerprint density at radius 2 is 2.00 bits per heavy atom. The smallest absolute Gasteiger partial charge is 0.309 e. The minimum atomic E-state index is -1.21. The standard InChI is InChI=1S/C15H22O5/c1-6-8-5-11(16)15(3,19)10(8)4-9-7(2)14(18)20-13(9)12(6)17/h7,9-13,16-17,19H,4-5H2,1-3H3/t7-,9+,10+,11+,12+,13-,15-/m0/s1. The summed E-state index contributed by atoms with van der Waals surface area (Å²) in [6, 6.07) is 0. The lowest BCUT2D eigenvalue weighted by Gasteiger charge is -2.31. The lowest BCUT2D eigenvalue weighted by atomic mass is 9.78. The summed E-state index contributed by atoms with van der Waals surface area (Å²) in [5.41, 5.74) is 0.449. The Bertz CT molecular complexity index is 481. The van der Waals surface area contributed by atoms with Crippen LogP contribution in [0.4, 0.5) is 0 Å². The Morgan fingerprint density at radius 3 is 2.65 bits per heavy atom. The Balaban J connectivity index is 2.05. The van der Waals surface area contributed by atoms with Gasteiger partial charge in [0.05, 0.1) is 17.6 Å². The Morgan fingerprint density at radius 1 is 1.35 bits per heavy atom. The highest BCUT2D eigenvalue weighted by Gasteiger charge is 2.56. The molecule has 0 aromatic rings. The third-order valence-electron chi connectivity index (χ3n) is 5.67. The first-order valence-corrected chi connectivity index (χ1v) is 7.23. The lowest BCUT2D eigenvalue weighted by Crippen LogP contribution is -2.41. The molecule has 0 radical (unpaired) electrons. The molecule has 0 unspecified atom stereocenters. The molecule has 0 amide bonds. The monoisotopic (exact) mass is 282 g/mol. The van der Waals surface area contributed by atoms with Crippen LogP contribution >= 0.6 is 0 Å². The van der Waals surface area contributed by atoms with Crippen LogP contribution in [0.5, 0.6) is 0 Å². The maximum absolute atomic E-state index is 11.8. The maximum Gasteiger partial charge on any atom is 0.309 e. The van der Waals surface area contributed by atoms with Crippen molar-refractivity contribution in [1.82, 2.24) is 0 Å². The van der Waals surface area contributed by atoms with Gasteiger partial charge >= 0.3 is 5.97 Å². The largest absolute Gasteiger partial charge is 0.459 e. The van der Waals surface area contributed by atoms with E-state index in [1.165, 1.54) is 0 Å². The van der Waals surface area contributed by atoms with Gasteiger partial charge in [0.2, 0.25) is 0 Å². The summed E-state index contributed by atoms with van der Waals surface area (Å²) < 4.78 is 5.33. The Labute approximate surface area is 118 Å². The highest BCUT2D eigenvalue weighted by atomic mass is 16.6. The predicted octanol–water partition coefficient (Wildman–Crippen LogP) is 0.377. The van der Waals surface area contributed by atoms with E-state index >= 15 is 0 Å². The number of ether oxygens (including phenoxy) is 1. The fourth-order valence-electron chi connectivity index (χ4n) is 4.09. The number of carbonyl (C=O) groups is 1.